The molecule has 0 saturated carbocycles. The lowest BCUT2D eigenvalue weighted by molar-refractivity contribution is -0.143. The number of carbonyl (C=O) groups is 1. The molecular formula is C30H35FN8O3. The number of hydrogen-bond donors (Lipinski definition) is 2. The molecule has 1 unspecified atom stereocenters. The highest BCUT2D eigenvalue weighted by Gasteiger charge is 2.34. The summed E-state index contributed by atoms with van der Waals surface area (Å²) < 4.78 is 20.7. The zero-order valence-electron chi connectivity index (χ0n) is 23.9. The SMILES string of the molecule is CC(O)C(=O)N1CC[C@H](Oc2ccc(-c3ncnc(Nc4ccc(N5CCN(C)C[C@@H]5C)cc4)n3)cc2C#N)[C@H](F)C1. The van der Waals surface area contributed by atoms with Gasteiger partial charge in [-0.1, -0.05) is 0 Å². The molecule has 2 saturated heterocycles. The summed E-state index contributed by atoms with van der Waals surface area (Å²) in [4.78, 5) is 31.1. The molecular weight excluding hydrogens is 539 g/mol. The van der Waals surface area contributed by atoms with Crippen LogP contribution >= 0.6 is 0 Å². The van der Waals surface area contributed by atoms with Crippen molar-refractivity contribution in [3.8, 4) is 23.2 Å². The molecule has 0 spiro atoms. The van der Waals surface area contributed by atoms with E-state index in [4.69, 9.17) is 4.74 Å². The number of amides is 1. The van der Waals surface area contributed by atoms with Crippen molar-refractivity contribution in [1.29, 1.82) is 5.26 Å². The number of aliphatic hydroxyl groups is 1. The van der Waals surface area contributed by atoms with E-state index in [2.05, 4.69) is 62.2 Å². The lowest BCUT2D eigenvalue weighted by Gasteiger charge is -2.39. The molecule has 220 valence electrons. The van der Waals surface area contributed by atoms with Crippen LogP contribution in [0.25, 0.3) is 11.4 Å². The molecule has 0 radical (unpaired) electrons. The Morgan fingerprint density at radius 1 is 1.17 bits per heavy atom. The number of hydrogen-bond acceptors (Lipinski definition) is 10. The Morgan fingerprint density at radius 3 is 2.64 bits per heavy atom. The number of aromatic nitrogens is 3. The predicted octanol–water partition coefficient (Wildman–Crippen LogP) is 2.99. The van der Waals surface area contributed by atoms with Crippen molar-refractivity contribution >= 4 is 23.2 Å². The van der Waals surface area contributed by atoms with Gasteiger partial charge in [-0.2, -0.15) is 10.2 Å². The number of piperidine rings is 1. The number of rotatable bonds is 7. The Hall–Kier alpha value is -4.34. The van der Waals surface area contributed by atoms with E-state index in [1.54, 1.807) is 18.2 Å². The Bertz CT molecular complexity index is 1450. The Labute approximate surface area is 244 Å². The molecule has 42 heavy (non-hydrogen) atoms. The molecule has 2 aliphatic rings. The summed E-state index contributed by atoms with van der Waals surface area (Å²) in [6, 6.07) is 15.6. The second-order valence-electron chi connectivity index (χ2n) is 10.9. The van der Waals surface area contributed by atoms with Gasteiger partial charge in [0.15, 0.2) is 12.0 Å². The van der Waals surface area contributed by atoms with Crippen LogP contribution in [0.5, 0.6) is 5.75 Å². The highest BCUT2D eigenvalue weighted by atomic mass is 19.1. The molecule has 4 atom stereocenters. The minimum atomic E-state index is -1.45. The molecule has 1 aromatic heterocycles. The summed E-state index contributed by atoms with van der Waals surface area (Å²) in [6.07, 6.45) is -1.82. The maximum atomic E-state index is 14.8. The van der Waals surface area contributed by atoms with Crippen molar-refractivity contribution in [1.82, 2.24) is 24.8 Å². The van der Waals surface area contributed by atoms with Gasteiger partial charge in [0.2, 0.25) is 5.95 Å². The van der Waals surface area contributed by atoms with E-state index in [9.17, 15) is 19.6 Å². The van der Waals surface area contributed by atoms with Gasteiger partial charge in [0.05, 0.1) is 12.1 Å². The van der Waals surface area contributed by atoms with Gasteiger partial charge in [-0.25, -0.2) is 14.4 Å². The third-order valence-electron chi connectivity index (χ3n) is 7.64. The second kappa shape index (κ2) is 12.7. The van der Waals surface area contributed by atoms with Crippen LogP contribution in [0.2, 0.25) is 0 Å². The molecule has 11 nitrogen and oxygen atoms in total. The van der Waals surface area contributed by atoms with Crippen molar-refractivity contribution in [2.45, 2.75) is 44.7 Å². The number of aliphatic hydroxyl groups excluding tert-OH is 1. The van der Waals surface area contributed by atoms with E-state index in [0.717, 1.165) is 25.3 Å². The Balaban J connectivity index is 1.25. The van der Waals surface area contributed by atoms with E-state index in [1.807, 2.05) is 12.1 Å². The summed E-state index contributed by atoms with van der Waals surface area (Å²) in [5, 5.41) is 22.5. The van der Waals surface area contributed by atoms with Gasteiger partial charge in [-0.05, 0) is 63.4 Å². The predicted molar refractivity (Wildman–Crippen MR) is 156 cm³/mol. The normalized spacial score (nSPS) is 21.9. The highest BCUT2D eigenvalue weighted by molar-refractivity contribution is 5.80. The summed E-state index contributed by atoms with van der Waals surface area (Å²) in [6.45, 7) is 6.71. The van der Waals surface area contributed by atoms with Crippen LogP contribution in [0.1, 0.15) is 25.8 Å². The standard InChI is InChI=1S/C30H35FN8O3/c1-19-16-37(3)12-13-39(19)24-7-5-23(6-8-24)35-30-34-18-33-28(36-30)21-4-9-26(22(14-21)15-32)42-27-10-11-38(17-25(27)31)29(41)20(2)40/h4-9,14,18-20,25,27,40H,10-13,16-17H2,1-3H3,(H,33,34,35,36)/t19-,20?,25+,27-/m0/s1. The summed E-state index contributed by atoms with van der Waals surface area (Å²) in [5.74, 6) is 0.457. The lowest BCUT2D eigenvalue weighted by Crippen LogP contribution is -2.51. The molecule has 2 N–H and O–H groups in total. The molecule has 2 aromatic carbocycles. The van der Waals surface area contributed by atoms with Crippen molar-refractivity contribution in [2.75, 3.05) is 50.0 Å². The number of halogens is 1. The number of alkyl halides is 1. The topological polar surface area (TPSA) is 131 Å². The van der Waals surface area contributed by atoms with Gasteiger partial charge in [0, 0.05) is 55.6 Å². The number of carbonyl (C=O) groups excluding carboxylic acids is 1. The summed E-state index contributed by atoms with van der Waals surface area (Å²) in [5.41, 5.74) is 2.80. The average Bonchev–Trinajstić information content (AvgIpc) is 2.98. The van der Waals surface area contributed by atoms with Gasteiger partial charge >= 0.3 is 0 Å². The monoisotopic (exact) mass is 574 g/mol. The fourth-order valence-electron chi connectivity index (χ4n) is 5.39. The van der Waals surface area contributed by atoms with Crippen molar-refractivity contribution in [3.05, 3.63) is 54.4 Å². The van der Waals surface area contributed by atoms with Gasteiger partial charge in [-0.15, -0.1) is 0 Å². The number of benzene rings is 2. The maximum Gasteiger partial charge on any atom is 0.251 e. The van der Waals surface area contributed by atoms with Gasteiger partial charge in [0.25, 0.3) is 5.91 Å². The first-order valence-electron chi connectivity index (χ1n) is 14.0. The quantitative estimate of drug-likeness (QED) is 0.434. The third kappa shape index (κ3) is 6.58. The van der Waals surface area contributed by atoms with E-state index in [1.165, 1.54) is 23.8 Å². The minimum Gasteiger partial charge on any atom is -0.486 e. The van der Waals surface area contributed by atoms with Crippen molar-refractivity contribution in [3.63, 3.8) is 0 Å². The van der Waals surface area contributed by atoms with Gasteiger partial charge < -0.3 is 29.9 Å². The molecule has 3 aromatic rings. The zero-order valence-corrected chi connectivity index (χ0v) is 23.9. The minimum absolute atomic E-state index is 0.174. The molecule has 5 rings (SSSR count). The van der Waals surface area contributed by atoms with E-state index in [-0.39, 0.29) is 30.8 Å². The number of likely N-dealkylation sites (N-methyl/N-ethyl adjacent to an activating group) is 1. The number of nitriles is 1. The molecule has 2 aliphatic heterocycles. The number of anilines is 3. The van der Waals surface area contributed by atoms with Crippen LogP contribution in [0.3, 0.4) is 0 Å². The molecule has 0 aliphatic carbocycles. The summed E-state index contributed by atoms with van der Waals surface area (Å²) >= 11 is 0. The lowest BCUT2D eigenvalue weighted by atomic mass is 10.0. The van der Waals surface area contributed by atoms with Crippen LogP contribution in [0, 0.1) is 11.3 Å². The Kier molecular flexibility index (Phi) is 8.80. The van der Waals surface area contributed by atoms with E-state index in [0.29, 0.717) is 23.4 Å². The molecule has 12 heteroatoms. The maximum absolute atomic E-state index is 14.8. The third-order valence-corrected chi connectivity index (χ3v) is 7.64. The van der Waals surface area contributed by atoms with Crippen molar-refractivity contribution in [2.24, 2.45) is 0 Å². The fourth-order valence-corrected chi connectivity index (χ4v) is 5.39. The first-order chi connectivity index (χ1) is 20.2. The molecule has 2 fully saturated rings. The molecule has 3 heterocycles. The largest absolute Gasteiger partial charge is 0.486 e. The number of nitrogens with one attached hydrogen (secondary N) is 1. The van der Waals surface area contributed by atoms with Crippen LogP contribution in [-0.4, -0.2) is 100.0 Å². The van der Waals surface area contributed by atoms with Gasteiger partial charge in [0.1, 0.15) is 30.4 Å². The smallest absolute Gasteiger partial charge is 0.251 e. The zero-order chi connectivity index (χ0) is 29.8. The number of nitrogens with zero attached hydrogens (tertiary/aromatic N) is 7. The first-order valence-corrected chi connectivity index (χ1v) is 14.0. The van der Waals surface area contributed by atoms with Crippen LogP contribution < -0.4 is 15.0 Å². The second-order valence-corrected chi connectivity index (χ2v) is 10.9. The van der Waals surface area contributed by atoms with Crippen LogP contribution in [-0.2, 0) is 4.79 Å². The highest BCUT2D eigenvalue weighted by Crippen LogP contribution is 2.29. The fraction of sp³-hybridized carbons (Fsp3) is 0.433. The average molecular weight is 575 g/mol. The van der Waals surface area contributed by atoms with Gasteiger partial charge in [-0.3, -0.25) is 4.79 Å². The van der Waals surface area contributed by atoms with E-state index >= 15 is 0 Å². The van der Waals surface area contributed by atoms with Crippen molar-refractivity contribution < 1.29 is 19.0 Å². The van der Waals surface area contributed by atoms with Crippen LogP contribution in [0.4, 0.5) is 21.7 Å². The molecule has 0 bridgehead atoms. The number of piperazine rings is 1. The summed E-state index contributed by atoms with van der Waals surface area (Å²) in [7, 11) is 2.14. The van der Waals surface area contributed by atoms with Crippen LogP contribution in [0.15, 0.2) is 48.8 Å². The molecule has 1 amide bonds. The van der Waals surface area contributed by atoms with E-state index < -0.39 is 24.3 Å². The number of ether oxygens (including phenoxy) is 1. The number of likely N-dealkylation sites (tertiary alicyclic amines) is 1. The Morgan fingerprint density at radius 2 is 1.95 bits per heavy atom. The first kappa shape index (κ1) is 29.2.